The fraction of sp³-hybridized carbons (Fsp3) is 0.133. The van der Waals surface area contributed by atoms with Gasteiger partial charge in [0.1, 0.15) is 11.5 Å². The molecule has 0 fully saturated rings. The highest BCUT2D eigenvalue weighted by atomic mass is 16.5. The summed E-state index contributed by atoms with van der Waals surface area (Å²) in [5, 5.41) is 0. The quantitative estimate of drug-likeness (QED) is 0.829. The van der Waals surface area contributed by atoms with Crippen molar-refractivity contribution in [1.29, 1.82) is 0 Å². The second-order valence-corrected chi connectivity index (χ2v) is 4.47. The van der Waals surface area contributed by atoms with E-state index in [0.717, 1.165) is 16.9 Å². The molecule has 98 valence electrons. The van der Waals surface area contributed by atoms with E-state index in [1.807, 2.05) is 26.0 Å². The number of amides is 1. The number of hydrogen-bond donors (Lipinski definition) is 2. The van der Waals surface area contributed by atoms with Gasteiger partial charge in [-0.15, -0.1) is 0 Å². The van der Waals surface area contributed by atoms with E-state index in [-0.39, 0.29) is 0 Å². The average molecular weight is 256 g/mol. The van der Waals surface area contributed by atoms with Crippen molar-refractivity contribution >= 4 is 11.6 Å². The van der Waals surface area contributed by atoms with Crippen LogP contribution in [0, 0.1) is 13.8 Å². The molecule has 2 aromatic rings. The van der Waals surface area contributed by atoms with E-state index in [1.54, 1.807) is 24.3 Å². The molecule has 0 aromatic heterocycles. The minimum Gasteiger partial charge on any atom is -0.457 e. The molecule has 0 spiro atoms. The molecule has 0 bridgehead atoms. The summed E-state index contributed by atoms with van der Waals surface area (Å²) < 4.78 is 5.77. The summed E-state index contributed by atoms with van der Waals surface area (Å²) in [5.74, 6) is 0.962. The maximum atomic E-state index is 11.2. The van der Waals surface area contributed by atoms with Crippen LogP contribution in [0.2, 0.25) is 0 Å². The van der Waals surface area contributed by atoms with Crippen molar-refractivity contribution in [1.82, 2.24) is 0 Å². The number of hydrogen-bond acceptors (Lipinski definition) is 3. The number of primary amides is 1. The van der Waals surface area contributed by atoms with Crippen LogP contribution in [0.5, 0.6) is 11.5 Å². The lowest BCUT2D eigenvalue weighted by Gasteiger charge is -2.11. The number of carbonyl (C=O) groups excluding carboxylic acids is 1. The zero-order chi connectivity index (χ0) is 14.0. The lowest BCUT2D eigenvalue weighted by molar-refractivity contribution is 0.0999. The Labute approximate surface area is 112 Å². The number of aryl methyl sites for hydroxylation is 2. The zero-order valence-electron chi connectivity index (χ0n) is 10.9. The highest BCUT2D eigenvalue weighted by molar-refractivity contribution is 5.94. The topological polar surface area (TPSA) is 78.3 Å². The number of rotatable bonds is 3. The van der Waals surface area contributed by atoms with Crippen LogP contribution in [0.4, 0.5) is 5.69 Å². The van der Waals surface area contributed by atoms with Gasteiger partial charge < -0.3 is 16.2 Å². The van der Waals surface area contributed by atoms with Crippen molar-refractivity contribution in [3.63, 3.8) is 0 Å². The third kappa shape index (κ3) is 2.85. The van der Waals surface area contributed by atoms with Gasteiger partial charge >= 0.3 is 0 Å². The smallest absolute Gasteiger partial charge is 0.248 e. The van der Waals surface area contributed by atoms with Gasteiger partial charge in [-0.2, -0.15) is 0 Å². The lowest BCUT2D eigenvalue weighted by atomic mass is 10.1. The van der Waals surface area contributed by atoms with Crippen LogP contribution in [0.3, 0.4) is 0 Å². The Hall–Kier alpha value is -2.49. The van der Waals surface area contributed by atoms with E-state index in [0.29, 0.717) is 17.0 Å². The average Bonchev–Trinajstić information content (AvgIpc) is 2.32. The normalized spacial score (nSPS) is 10.2. The standard InChI is InChI=1S/C15H16N2O2/c1-9-8-12(4-5-13(9)15(17)18)19-14-6-3-11(16)7-10(14)2/h3-8H,16H2,1-2H3,(H2,17,18). The number of nitrogen functional groups attached to an aromatic ring is 1. The molecule has 1 amide bonds. The Morgan fingerprint density at radius 1 is 1.05 bits per heavy atom. The Balaban J connectivity index is 2.29. The van der Waals surface area contributed by atoms with E-state index in [1.165, 1.54) is 0 Å². The summed E-state index contributed by atoms with van der Waals surface area (Å²) >= 11 is 0. The molecule has 0 aliphatic rings. The van der Waals surface area contributed by atoms with Gasteiger partial charge in [-0.3, -0.25) is 4.79 Å². The van der Waals surface area contributed by atoms with Crippen LogP contribution in [0.1, 0.15) is 21.5 Å². The maximum absolute atomic E-state index is 11.2. The van der Waals surface area contributed by atoms with Crippen molar-refractivity contribution in [3.8, 4) is 11.5 Å². The van der Waals surface area contributed by atoms with Crippen molar-refractivity contribution in [2.45, 2.75) is 13.8 Å². The minimum absolute atomic E-state index is 0.437. The van der Waals surface area contributed by atoms with Gasteiger partial charge in [0.25, 0.3) is 0 Å². The SMILES string of the molecule is Cc1cc(N)ccc1Oc1ccc(C(N)=O)c(C)c1. The van der Waals surface area contributed by atoms with Crippen LogP contribution in [0.15, 0.2) is 36.4 Å². The summed E-state index contributed by atoms with van der Waals surface area (Å²) in [6.07, 6.45) is 0. The zero-order valence-corrected chi connectivity index (χ0v) is 10.9. The highest BCUT2D eigenvalue weighted by Gasteiger charge is 2.07. The van der Waals surface area contributed by atoms with E-state index in [2.05, 4.69) is 0 Å². The molecule has 0 atom stereocenters. The summed E-state index contributed by atoms with van der Waals surface area (Å²) in [5.41, 5.74) is 13.9. The Kier molecular flexibility index (Phi) is 3.42. The molecule has 0 saturated carbocycles. The summed E-state index contributed by atoms with van der Waals surface area (Å²) in [6.45, 7) is 3.75. The molecule has 2 aromatic carbocycles. The molecule has 4 heteroatoms. The first-order valence-corrected chi connectivity index (χ1v) is 5.92. The van der Waals surface area contributed by atoms with Gasteiger partial charge in [-0.05, 0) is 61.4 Å². The van der Waals surface area contributed by atoms with Gasteiger partial charge in [-0.25, -0.2) is 0 Å². The van der Waals surface area contributed by atoms with Gasteiger partial charge in [0.15, 0.2) is 0 Å². The predicted octanol–water partition coefficient (Wildman–Crippen LogP) is 2.78. The molecule has 0 heterocycles. The van der Waals surface area contributed by atoms with Crippen LogP contribution in [-0.2, 0) is 0 Å². The second-order valence-electron chi connectivity index (χ2n) is 4.47. The molecule has 0 aliphatic carbocycles. The van der Waals surface area contributed by atoms with Gasteiger partial charge in [0, 0.05) is 11.3 Å². The molecule has 0 radical (unpaired) electrons. The van der Waals surface area contributed by atoms with E-state index in [9.17, 15) is 4.79 Å². The van der Waals surface area contributed by atoms with E-state index < -0.39 is 5.91 Å². The van der Waals surface area contributed by atoms with Crippen molar-refractivity contribution in [2.75, 3.05) is 5.73 Å². The Morgan fingerprint density at radius 2 is 1.79 bits per heavy atom. The molecule has 0 unspecified atom stereocenters. The first-order valence-electron chi connectivity index (χ1n) is 5.92. The van der Waals surface area contributed by atoms with Crippen LogP contribution < -0.4 is 16.2 Å². The fourth-order valence-corrected chi connectivity index (χ4v) is 1.89. The predicted molar refractivity (Wildman–Crippen MR) is 75.4 cm³/mol. The maximum Gasteiger partial charge on any atom is 0.248 e. The molecular formula is C15H16N2O2. The monoisotopic (exact) mass is 256 g/mol. The van der Waals surface area contributed by atoms with Crippen molar-refractivity contribution in [2.24, 2.45) is 5.73 Å². The Bertz CT molecular complexity index is 636. The summed E-state index contributed by atoms with van der Waals surface area (Å²) in [6, 6.07) is 10.6. The molecule has 0 aliphatic heterocycles. The molecule has 19 heavy (non-hydrogen) atoms. The number of nitrogens with two attached hydrogens (primary N) is 2. The Morgan fingerprint density at radius 3 is 2.37 bits per heavy atom. The molecule has 4 nitrogen and oxygen atoms in total. The molecule has 0 saturated heterocycles. The highest BCUT2D eigenvalue weighted by Crippen LogP contribution is 2.27. The third-order valence-corrected chi connectivity index (χ3v) is 2.89. The van der Waals surface area contributed by atoms with Gasteiger partial charge in [-0.1, -0.05) is 0 Å². The summed E-state index contributed by atoms with van der Waals surface area (Å²) in [4.78, 5) is 11.2. The van der Waals surface area contributed by atoms with E-state index >= 15 is 0 Å². The van der Waals surface area contributed by atoms with Gasteiger partial charge in [0.05, 0.1) is 0 Å². The largest absolute Gasteiger partial charge is 0.457 e. The van der Waals surface area contributed by atoms with Crippen molar-refractivity contribution < 1.29 is 9.53 Å². The summed E-state index contributed by atoms with van der Waals surface area (Å²) in [7, 11) is 0. The minimum atomic E-state index is -0.437. The number of ether oxygens (including phenoxy) is 1. The van der Waals surface area contributed by atoms with Crippen molar-refractivity contribution in [3.05, 3.63) is 53.1 Å². The molecule has 4 N–H and O–H groups in total. The number of benzene rings is 2. The first kappa shape index (κ1) is 13.0. The van der Waals surface area contributed by atoms with Gasteiger partial charge in [0.2, 0.25) is 5.91 Å². The third-order valence-electron chi connectivity index (χ3n) is 2.89. The van der Waals surface area contributed by atoms with Crippen LogP contribution in [0.25, 0.3) is 0 Å². The number of carbonyl (C=O) groups is 1. The molecular weight excluding hydrogens is 240 g/mol. The van der Waals surface area contributed by atoms with E-state index in [4.69, 9.17) is 16.2 Å². The second kappa shape index (κ2) is 5.02. The number of anilines is 1. The molecule has 2 rings (SSSR count). The fourth-order valence-electron chi connectivity index (χ4n) is 1.89. The van der Waals surface area contributed by atoms with Crippen LogP contribution in [-0.4, -0.2) is 5.91 Å². The first-order chi connectivity index (χ1) is 8.97. The van der Waals surface area contributed by atoms with Crippen LogP contribution >= 0.6 is 0 Å². The lowest BCUT2D eigenvalue weighted by Crippen LogP contribution is -2.12.